The molecule has 25 rings (SSSR count). The van der Waals surface area contributed by atoms with E-state index in [4.69, 9.17) is 0 Å². The number of hydrogen-bond donors (Lipinski definition) is 0. The van der Waals surface area contributed by atoms with Crippen LogP contribution in [0.25, 0.3) is 111 Å². The van der Waals surface area contributed by atoms with Gasteiger partial charge in [-0.15, -0.1) is 0 Å². The lowest BCUT2D eigenvalue weighted by atomic mass is 9.69. The van der Waals surface area contributed by atoms with Crippen molar-refractivity contribution < 1.29 is 0 Å². The van der Waals surface area contributed by atoms with E-state index in [2.05, 4.69) is 496 Å². The van der Waals surface area contributed by atoms with E-state index in [9.17, 15) is 0 Å². The molecule has 0 bridgehead atoms. The Kier molecular flexibility index (Phi) is 16.8. The Morgan fingerprint density at radius 2 is 0.419 bits per heavy atom. The Morgan fingerprint density at radius 1 is 0.145 bits per heavy atom. The van der Waals surface area contributed by atoms with Crippen LogP contribution in [0.3, 0.4) is 0 Å². The fourth-order valence-corrected chi connectivity index (χ4v) is 21.8. The molecule has 1 unspecified atom stereocenters. The van der Waals surface area contributed by atoms with Crippen LogP contribution in [-0.2, 0) is 16.2 Å². The second-order valence-electron chi connectivity index (χ2n) is 34.1. The largest absolute Gasteiger partial charge is 0.311 e. The lowest BCUT2D eigenvalue weighted by molar-refractivity contribution is 0.660. The standard InChI is InChI=1S/C65H44N2.C56H39N/c1-5-21-50(22-6-1)66(51-23-7-2-8-24-51)54-37-33-45(34-38-54)49-42-58(46-35-39-55(40-36-46)67(52-25-9-3-10-26-52)53-27-11-4-12-28-53)64-59-41-47-19-13-14-20-48(47)43-62(59)65(63(64)44-49)60-31-17-15-29-56(60)57-30-16-18-32-61(57)65;1-55(2)49-21-11-8-18-43(49)46-30-28-41(34-52(46)55)57(40-26-24-37(25-27-40)36-14-4-3-5-15-36)42-29-31-47-44-19-9-12-22-50(44)56(54(47)35-42)51-23-13-10-20-45(51)48-32-38-16-6-7-17-39(38)33-53(48)56/h1-44H;3-35H,1-2H3. The first-order chi connectivity index (χ1) is 61.2. The van der Waals surface area contributed by atoms with Gasteiger partial charge < -0.3 is 14.7 Å². The fourth-order valence-electron chi connectivity index (χ4n) is 21.8. The smallest absolute Gasteiger partial charge is 0.0726 e. The Labute approximate surface area is 724 Å². The predicted molar refractivity (Wildman–Crippen MR) is 518 cm³/mol. The second kappa shape index (κ2) is 28.8. The van der Waals surface area contributed by atoms with Crippen molar-refractivity contribution in [3.63, 3.8) is 0 Å². The summed E-state index contributed by atoms with van der Waals surface area (Å²) in [6.07, 6.45) is 0. The molecule has 3 heteroatoms. The van der Waals surface area contributed by atoms with E-state index >= 15 is 0 Å². The average Bonchev–Trinajstić information content (AvgIpc) is 1.50. The molecule has 5 aliphatic carbocycles. The van der Waals surface area contributed by atoms with Gasteiger partial charge in [0, 0.05) is 56.6 Å². The van der Waals surface area contributed by atoms with Crippen LogP contribution in [-0.4, -0.2) is 0 Å². The molecule has 2 spiro atoms. The van der Waals surface area contributed by atoms with Crippen LogP contribution < -0.4 is 14.7 Å². The van der Waals surface area contributed by atoms with Gasteiger partial charge in [0.25, 0.3) is 0 Å². The van der Waals surface area contributed by atoms with Crippen molar-refractivity contribution in [1.82, 2.24) is 0 Å². The molecule has 5 aliphatic rings. The van der Waals surface area contributed by atoms with Gasteiger partial charge in [-0.1, -0.05) is 335 Å². The van der Waals surface area contributed by atoms with Crippen molar-refractivity contribution in [3.8, 4) is 89.0 Å². The molecule has 0 radical (unpaired) electrons. The molecule has 0 aliphatic heterocycles. The normalized spacial score (nSPS) is 14.2. The Hall–Kier alpha value is -15.7. The number of fused-ring (bicyclic) bond motifs is 25. The van der Waals surface area contributed by atoms with Gasteiger partial charge in [0.05, 0.1) is 10.8 Å². The van der Waals surface area contributed by atoms with Gasteiger partial charge in [0.1, 0.15) is 0 Å². The average molecular weight is 1580 g/mol. The zero-order chi connectivity index (χ0) is 82.2. The predicted octanol–water partition coefficient (Wildman–Crippen LogP) is 32.1. The third-order valence-electron chi connectivity index (χ3n) is 27.3. The second-order valence-corrected chi connectivity index (χ2v) is 34.1. The van der Waals surface area contributed by atoms with Crippen molar-refractivity contribution in [3.05, 3.63) is 523 Å². The molecule has 0 fully saturated rings. The number of anilines is 9. The minimum atomic E-state index is -0.526. The molecular formula is C121H83N3. The quantitative estimate of drug-likeness (QED) is 0.121. The highest BCUT2D eigenvalue weighted by Gasteiger charge is 2.54. The third-order valence-corrected chi connectivity index (χ3v) is 27.3. The molecule has 0 aromatic heterocycles. The fraction of sp³-hybridized carbons (Fsp3) is 0.0413. The van der Waals surface area contributed by atoms with Gasteiger partial charge in [-0.05, 0) is 312 Å². The summed E-state index contributed by atoms with van der Waals surface area (Å²) < 4.78 is 0. The zero-order valence-corrected chi connectivity index (χ0v) is 68.8. The molecule has 20 aromatic carbocycles. The molecule has 124 heavy (non-hydrogen) atoms. The Bertz CT molecular complexity index is 7480. The van der Waals surface area contributed by atoms with Crippen LogP contribution in [0, 0.1) is 0 Å². The van der Waals surface area contributed by atoms with Crippen molar-refractivity contribution in [1.29, 1.82) is 0 Å². The van der Waals surface area contributed by atoms with Crippen LogP contribution >= 0.6 is 0 Å². The van der Waals surface area contributed by atoms with Crippen LogP contribution in [0.15, 0.2) is 467 Å². The van der Waals surface area contributed by atoms with E-state index in [0.717, 1.165) is 51.2 Å². The molecule has 0 saturated heterocycles. The number of benzene rings is 20. The first-order valence-electron chi connectivity index (χ1n) is 43.3. The van der Waals surface area contributed by atoms with Gasteiger partial charge in [-0.25, -0.2) is 0 Å². The molecule has 1 atom stereocenters. The minimum Gasteiger partial charge on any atom is -0.311 e. The van der Waals surface area contributed by atoms with E-state index in [1.165, 1.54) is 166 Å². The van der Waals surface area contributed by atoms with Gasteiger partial charge >= 0.3 is 0 Å². The zero-order valence-electron chi connectivity index (χ0n) is 68.8. The van der Waals surface area contributed by atoms with Crippen molar-refractivity contribution in [2.24, 2.45) is 0 Å². The summed E-state index contributed by atoms with van der Waals surface area (Å²) in [4.78, 5) is 7.15. The Balaban J connectivity index is 0.000000141. The van der Waals surface area contributed by atoms with E-state index in [0.29, 0.717) is 0 Å². The first-order valence-corrected chi connectivity index (χ1v) is 43.3. The molecule has 582 valence electrons. The summed E-state index contributed by atoms with van der Waals surface area (Å²) in [7, 11) is 0. The third kappa shape index (κ3) is 11.1. The van der Waals surface area contributed by atoms with Crippen molar-refractivity contribution >= 4 is 72.7 Å². The van der Waals surface area contributed by atoms with Crippen LogP contribution in [0.2, 0.25) is 0 Å². The highest BCUT2D eigenvalue weighted by molar-refractivity contribution is 6.07. The topological polar surface area (TPSA) is 9.72 Å². The molecule has 0 N–H and O–H groups in total. The summed E-state index contributed by atoms with van der Waals surface area (Å²) in [6.45, 7) is 4.74. The van der Waals surface area contributed by atoms with Crippen LogP contribution in [0.1, 0.15) is 69.5 Å². The maximum Gasteiger partial charge on any atom is 0.0726 e. The van der Waals surface area contributed by atoms with Gasteiger partial charge in [0.15, 0.2) is 0 Å². The molecule has 0 amide bonds. The van der Waals surface area contributed by atoms with Crippen molar-refractivity contribution in [2.45, 2.75) is 30.1 Å². The Morgan fingerprint density at radius 3 is 0.863 bits per heavy atom. The van der Waals surface area contributed by atoms with E-state index in [1.807, 2.05) is 0 Å². The maximum absolute atomic E-state index is 2.52. The van der Waals surface area contributed by atoms with Gasteiger partial charge in [-0.2, -0.15) is 0 Å². The maximum atomic E-state index is 2.52. The van der Waals surface area contributed by atoms with Crippen LogP contribution in [0.4, 0.5) is 51.2 Å². The van der Waals surface area contributed by atoms with E-state index in [1.54, 1.807) is 0 Å². The number of rotatable bonds is 12. The summed E-state index contributed by atoms with van der Waals surface area (Å²) in [5.74, 6) is 0. The van der Waals surface area contributed by atoms with Crippen LogP contribution in [0.5, 0.6) is 0 Å². The van der Waals surface area contributed by atoms with Gasteiger partial charge in [-0.3, -0.25) is 0 Å². The summed E-state index contributed by atoms with van der Waals surface area (Å²) in [5, 5.41) is 5.04. The molecular weight excluding hydrogens is 1500 g/mol. The van der Waals surface area contributed by atoms with E-state index in [-0.39, 0.29) is 5.41 Å². The summed E-state index contributed by atoms with van der Waals surface area (Å²) in [5.41, 5.74) is 42.8. The number of hydrogen-bond acceptors (Lipinski definition) is 3. The molecule has 0 saturated carbocycles. The highest BCUT2D eigenvalue weighted by atomic mass is 15.2. The SMILES string of the molecule is CC1(C)c2ccccc2-c2ccc(N(c3ccc(-c4ccccc4)cc3)c3ccc4c(c3)C3(c5ccccc5-4)c4ccccc4-c4cc5ccccc5cc43)cc21.c1ccc(N(c2ccccc2)c2ccc(-c3cc(-c4ccc(N(c5ccccc5)c5ccccc5)cc4)c4c(c3)C3(c5ccccc5-c5ccccc53)c3cc5ccccc5cc3-4)cc2)cc1. The molecule has 3 nitrogen and oxygen atoms in total. The van der Waals surface area contributed by atoms with Crippen molar-refractivity contribution in [2.75, 3.05) is 14.7 Å². The summed E-state index contributed by atoms with van der Waals surface area (Å²) in [6, 6.07) is 173. The summed E-state index contributed by atoms with van der Waals surface area (Å²) >= 11 is 0. The number of nitrogens with zero attached hydrogens (tertiary/aromatic N) is 3. The lowest BCUT2D eigenvalue weighted by Crippen LogP contribution is -2.26. The molecule has 0 heterocycles. The monoisotopic (exact) mass is 1580 g/mol. The highest BCUT2D eigenvalue weighted by Crippen LogP contribution is 2.67. The lowest BCUT2D eigenvalue weighted by Gasteiger charge is -2.32. The molecule has 20 aromatic rings. The number of para-hydroxylation sites is 4. The first kappa shape index (κ1) is 72.3. The van der Waals surface area contributed by atoms with Gasteiger partial charge in [0.2, 0.25) is 0 Å². The van der Waals surface area contributed by atoms with E-state index < -0.39 is 10.8 Å². The minimum absolute atomic E-state index is 0.117.